The monoisotopic (exact) mass is 514 g/mol. The fourth-order valence-electron chi connectivity index (χ4n) is 6.70. The topological polar surface area (TPSA) is 79.3 Å². The largest absolute Gasteiger partial charge is 0.542 e. The van der Waals surface area contributed by atoms with Gasteiger partial charge in [0.25, 0.3) is 14.2 Å². The van der Waals surface area contributed by atoms with Crippen molar-refractivity contribution in [1.29, 1.82) is 0 Å². The highest BCUT2D eigenvalue weighted by atomic mass is 28.4. The number of amides is 2. The first-order valence-electron chi connectivity index (χ1n) is 13.3. The van der Waals surface area contributed by atoms with E-state index in [9.17, 15) is 14.7 Å². The van der Waals surface area contributed by atoms with Gasteiger partial charge in [0.2, 0.25) is 0 Å². The number of aliphatic hydroxyl groups is 1. The van der Waals surface area contributed by atoms with Crippen molar-refractivity contribution in [1.82, 2.24) is 4.90 Å². The first kappa shape index (κ1) is 26.7. The molecule has 8 heteroatoms. The number of carbonyl (C=O) groups excluding carboxylic acids is 2. The van der Waals surface area contributed by atoms with Gasteiger partial charge >= 0.3 is 6.09 Å². The van der Waals surface area contributed by atoms with Crippen LogP contribution in [0, 0.1) is 12.3 Å². The molecule has 7 nitrogen and oxygen atoms in total. The normalized spacial score (nSPS) is 22.7. The Bertz CT molecular complexity index is 1030. The number of aliphatic hydroxyl groups excluding tert-OH is 1. The first-order valence-corrected chi connectivity index (χ1v) is 15.4. The fraction of sp³-hybridized carbons (Fsp3) is 0.643. The second kappa shape index (κ2) is 9.52. The van der Waals surface area contributed by atoms with Crippen molar-refractivity contribution in [3.8, 4) is 5.75 Å². The van der Waals surface area contributed by atoms with Crippen molar-refractivity contribution in [2.45, 2.75) is 96.6 Å². The maximum absolute atomic E-state index is 13.8. The van der Waals surface area contributed by atoms with Gasteiger partial charge in [-0.25, -0.2) is 9.69 Å². The quantitative estimate of drug-likeness (QED) is 0.356. The van der Waals surface area contributed by atoms with Gasteiger partial charge in [-0.05, 0) is 59.9 Å². The van der Waals surface area contributed by atoms with Crippen LogP contribution in [0.25, 0.3) is 0 Å². The molecule has 4 rings (SSSR count). The van der Waals surface area contributed by atoms with Gasteiger partial charge in [0.05, 0.1) is 17.3 Å². The van der Waals surface area contributed by atoms with Gasteiger partial charge in [-0.2, -0.15) is 0 Å². The molecule has 0 bridgehead atoms. The minimum absolute atomic E-state index is 0.0168. The standard InChI is InChI=1S/C28H42N2O5Si/c1-9-12-34-27(33)30-22-14-24(35-36(17(2)3,18(4)5)19(6)7)20(8)13-21(22)25(31)29-16-28(10-11-28)15-23(29)26(30)32/h9,13-14,17-19,23,26,32H,1,10-12,15-16H2,2-8H3/t23-,26?/m0/s1. The Morgan fingerprint density at radius 1 is 1.19 bits per heavy atom. The van der Waals surface area contributed by atoms with E-state index in [4.69, 9.17) is 9.16 Å². The number of ether oxygens (including phenoxy) is 1. The number of hydrogen-bond donors (Lipinski definition) is 1. The molecule has 1 aromatic carbocycles. The summed E-state index contributed by atoms with van der Waals surface area (Å²) in [5.74, 6) is 0.519. The molecule has 2 heterocycles. The van der Waals surface area contributed by atoms with Gasteiger partial charge in [-0.3, -0.25) is 4.79 Å². The molecule has 2 amide bonds. The summed E-state index contributed by atoms with van der Waals surface area (Å²) in [4.78, 5) is 30.2. The lowest BCUT2D eigenvalue weighted by Crippen LogP contribution is -2.51. The number of rotatable bonds is 7. The van der Waals surface area contributed by atoms with E-state index in [0.717, 1.165) is 18.4 Å². The third-order valence-electron chi connectivity index (χ3n) is 8.67. The Morgan fingerprint density at radius 2 is 1.81 bits per heavy atom. The number of fused-ring (bicyclic) bond motifs is 2. The summed E-state index contributed by atoms with van der Waals surface area (Å²) in [5.41, 5.74) is 2.75. The summed E-state index contributed by atoms with van der Waals surface area (Å²) in [7, 11) is -2.30. The van der Waals surface area contributed by atoms with Crippen LogP contribution in [0.2, 0.25) is 16.6 Å². The van der Waals surface area contributed by atoms with Crippen LogP contribution in [0.15, 0.2) is 24.8 Å². The van der Waals surface area contributed by atoms with Crippen LogP contribution in [-0.2, 0) is 4.74 Å². The maximum Gasteiger partial charge on any atom is 0.416 e. The minimum Gasteiger partial charge on any atom is -0.542 e. The molecule has 0 radical (unpaired) electrons. The molecule has 2 fully saturated rings. The third-order valence-corrected chi connectivity index (χ3v) is 14.7. The number of anilines is 1. The van der Waals surface area contributed by atoms with Crippen LogP contribution < -0.4 is 9.33 Å². The smallest absolute Gasteiger partial charge is 0.416 e. The number of aryl methyl sites for hydroxylation is 1. The molecule has 1 saturated carbocycles. The SMILES string of the molecule is C=CCOC(=O)N1c2cc(O[Si](C(C)C)(C(C)C)C(C)C)c(C)cc2C(=O)N2CC3(CC3)C[C@H]2C1O. The van der Waals surface area contributed by atoms with Crippen molar-refractivity contribution >= 4 is 26.0 Å². The van der Waals surface area contributed by atoms with E-state index in [2.05, 4.69) is 48.1 Å². The predicted molar refractivity (Wildman–Crippen MR) is 144 cm³/mol. The summed E-state index contributed by atoms with van der Waals surface area (Å²) in [6.45, 7) is 19.5. The second-order valence-corrected chi connectivity index (χ2v) is 17.3. The minimum atomic E-state index is -2.30. The lowest BCUT2D eigenvalue weighted by Gasteiger charge is -2.42. The van der Waals surface area contributed by atoms with E-state index < -0.39 is 26.7 Å². The van der Waals surface area contributed by atoms with Crippen molar-refractivity contribution in [3.63, 3.8) is 0 Å². The molecule has 1 spiro atoms. The van der Waals surface area contributed by atoms with Crippen molar-refractivity contribution in [3.05, 3.63) is 35.9 Å². The Kier molecular flexibility index (Phi) is 7.07. The summed E-state index contributed by atoms with van der Waals surface area (Å²) in [6, 6.07) is 3.14. The van der Waals surface area contributed by atoms with Crippen LogP contribution in [0.3, 0.4) is 0 Å². The Labute approximate surface area is 216 Å². The zero-order valence-corrected chi connectivity index (χ0v) is 23.8. The lowest BCUT2D eigenvalue weighted by atomic mass is 10.0. The molecular formula is C28H42N2O5Si. The highest BCUT2D eigenvalue weighted by Gasteiger charge is 2.58. The molecule has 1 unspecified atom stereocenters. The second-order valence-electron chi connectivity index (χ2n) is 11.9. The zero-order valence-electron chi connectivity index (χ0n) is 22.8. The number of hydrogen-bond acceptors (Lipinski definition) is 5. The molecule has 1 aliphatic carbocycles. The molecule has 2 aliphatic heterocycles. The highest BCUT2D eigenvalue weighted by molar-refractivity contribution is 6.78. The van der Waals surface area contributed by atoms with Gasteiger partial charge in [-0.15, -0.1) is 0 Å². The average Bonchev–Trinajstić information content (AvgIpc) is 3.46. The maximum atomic E-state index is 13.8. The van der Waals surface area contributed by atoms with Crippen molar-refractivity contribution in [2.75, 3.05) is 18.1 Å². The van der Waals surface area contributed by atoms with Crippen LogP contribution in [0.5, 0.6) is 5.75 Å². The van der Waals surface area contributed by atoms with E-state index in [-0.39, 0.29) is 17.9 Å². The van der Waals surface area contributed by atoms with E-state index in [1.54, 1.807) is 11.0 Å². The third kappa shape index (κ3) is 4.26. The van der Waals surface area contributed by atoms with E-state index >= 15 is 0 Å². The Hall–Kier alpha value is -2.32. The number of benzene rings is 1. The molecule has 36 heavy (non-hydrogen) atoms. The van der Waals surface area contributed by atoms with Crippen LogP contribution >= 0.6 is 0 Å². The van der Waals surface area contributed by atoms with Gasteiger partial charge in [0, 0.05) is 12.6 Å². The van der Waals surface area contributed by atoms with E-state index in [1.165, 1.54) is 11.0 Å². The van der Waals surface area contributed by atoms with Gasteiger partial charge in [-0.1, -0.05) is 54.2 Å². The average molecular weight is 515 g/mol. The Balaban J connectivity index is 1.85. The summed E-state index contributed by atoms with van der Waals surface area (Å²) in [6.07, 6.45) is 2.38. The molecule has 1 N–H and O–H groups in total. The molecule has 1 saturated heterocycles. The fourth-order valence-corrected chi connectivity index (χ4v) is 12.0. The number of carbonyl (C=O) groups is 2. The zero-order chi connectivity index (χ0) is 26.6. The van der Waals surface area contributed by atoms with Gasteiger partial charge in [0.1, 0.15) is 12.4 Å². The first-order chi connectivity index (χ1) is 16.9. The van der Waals surface area contributed by atoms with E-state index in [1.807, 2.05) is 13.0 Å². The Morgan fingerprint density at radius 3 is 2.33 bits per heavy atom. The van der Waals surface area contributed by atoms with Crippen LogP contribution in [-0.4, -0.2) is 55.7 Å². The number of nitrogens with zero attached hydrogens (tertiary/aromatic N) is 2. The molecular weight excluding hydrogens is 472 g/mol. The summed E-state index contributed by atoms with van der Waals surface area (Å²) >= 11 is 0. The van der Waals surface area contributed by atoms with Gasteiger partial charge < -0.3 is 19.2 Å². The van der Waals surface area contributed by atoms with Crippen LogP contribution in [0.1, 0.15) is 76.7 Å². The molecule has 0 aromatic heterocycles. The van der Waals surface area contributed by atoms with E-state index in [0.29, 0.717) is 46.6 Å². The van der Waals surface area contributed by atoms with Crippen molar-refractivity contribution in [2.24, 2.45) is 5.41 Å². The highest BCUT2D eigenvalue weighted by Crippen LogP contribution is 2.57. The lowest BCUT2D eigenvalue weighted by molar-refractivity contribution is 0.0496. The predicted octanol–water partition coefficient (Wildman–Crippen LogP) is 6.01. The summed E-state index contributed by atoms with van der Waals surface area (Å²) in [5, 5.41) is 11.5. The summed E-state index contributed by atoms with van der Waals surface area (Å²) < 4.78 is 12.4. The van der Waals surface area contributed by atoms with Crippen LogP contribution in [0.4, 0.5) is 10.5 Å². The molecule has 198 valence electrons. The molecule has 1 aromatic rings. The molecule has 3 aliphatic rings. The van der Waals surface area contributed by atoms with Crippen molar-refractivity contribution < 1.29 is 23.9 Å². The molecule has 2 atom stereocenters. The van der Waals surface area contributed by atoms with Gasteiger partial charge in [0.15, 0.2) is 6.23 Å².